The number of hydrogen-bond donors (Lipinski definition) is 1. The van der Waals surface area contributed by atoms with Crippen LogP contribution < -0.4 is 10.2 Å². The molecule has 0 aliphatic rings. The number of benzene rings is 3. The molecule has 0 aromatic heterocycles. The van der Waals surface area contributed by atoms with Gasteiger partial charge in [0.2, 0.25) is 10.0 Å². The first-order valence-corrected chi connectivity index (χ1v) is 12.2. The Morgan fingerprint density at radius 1 is 0.941 bits per heavy atom. The zero-order valence-electron chi connectivity index (χ0n) is 19.3. The maximum atomic E-state index is 13.5. The summed E-state index contributed by atoms with van der Waals surface area (Å²) in [7, 11) is -0.214. The maximum Gasteiger partial charge on any atom is 0.255 e. The number of amides is 1. The number of nitrogens with one attached hydrogen (secondary N) is 1. The van der Waals surface area contributed by atoms with Crippen molar-refractivity contribution in [2.24, 2.45) is 0 Å². The Morgan fingerprint density at radius 2 is 1.65 bits per heavy atom. The minimum atomic E-state index is -3.89. The van der Waals surface area contributed by atoms with Gasteiger partial charge in [0.25, 0.3) is 5.91 Å². The van der Waals surface area contributed by atoms with E-state index in [-0.39, 0.29) is 23.5 Å². The fourth-order valence-electron chi connectivity index (χ4n) is 3.54. The average molecular weight is 488 g/mol. The van der Waals surface area contributed by atoms with Gasteiger partial charge in [-0.2, -0.15) is 4.31 Å². The van der Waals surface area contributed by atoms with Crippen molar-refractivity contribution in [3.63, 3.8) is 0 Å². The second-order valence-electron chi connectivity index (χ2n) is 7.99. The number of halogens is 2. The van der Waals surface area contributed by atoms with Crippen molar-refractivity contribution in [1.29, 1.82) is 0 Å². The molecule has 1 N–H and O–H groups in total. The van der Waals surface area contributed by atoms with E-state index >= 15 is 0 Å². The lowest BCUT2D eigenvalue weighted by molar-refractivity contribution is 0.102. The number of nitrogens with zero attached hydrogens (tertiary/aromatic N) is 2. The van der Waals surface area contributed by atoms with E-state index in [0.29, 0.717) is 17.7 Å². The first kappa shape index (κ1) is 25.3. The van der Waals surface area contributed by atoms with E-state index in [1.165, 1.54) is 34.6 Å². The molecule has 6 nitrogen and oxygen atoms in total. The van der Waals surface area contributed by atoms with Gasteiger partial charge in [-0.3, -0.25) is 4.79 Å². The topological polar surface area (TPSA) is 69.7 Å². The van der Waals surface area contributed by atoms with Crippen molar-refractivity contribution in [2.45, 2.75) is 24.8 Å². The van der Waals surface area contributed by atoms with Gasteiger partial charge in [-0.15, -0.1) is 0 Å². The van der Waals surface area contributed by atoms with Crippen molar-refractivity contribution in [3.05, 3.63) is 89.5 Å². The zero-order chi connectivity index (χ0) is 24.9. The van der Waals surface area contributed by atoms with Gasteiger partial charge in [-0.25, -0.2) is 17.2 Å². The van der Waals surface area contributed by atoms with Crippen molar-refractivity contribution < 1.29 is 22.0 Å². The van der Waals surface area contributed by atoms with Crippen LogP contribution in [0.15, 0.2) is 71.6 Å². The van der Waals surface area contributed by atoms with Crippen molar-refractivity contribution in [1.82, 2.24) is 4.31 Å². The Balaban J connectivity index is 1.94. The van der Waals surface area contributed by atoms with Crippen LogP contribution >= 0.6 is 0 Å². The van der Waals surface area contributed by atoms with E-state index in [1.54, 1.807) is 18.2 Å². The predicted molar refractivity (Wildman–Crippen MR) is 129 cm³/mol. The number of carbonyl (C=O) groups is 1. The molecule has 0 unspecified atom stereocenters. The summed E-state index contributed by atoms with van der Waals surface area (Å²) in [6, 6.07) is 15.3. The number of carbonyl (C=O) groups excluding carboxylic acids is 1. The minimum Gasteiger partial charge on any atom is -0.377 e. The molecule has 0 saturated carbocycles. The molecule has 0 spiro atoms. The summed E-state index contributed by atoms with van der Waals surface area (Å²) >= 11 is 0. The third-order valence-electron chi connectivity index (χ3n) is 5.18. The van der Waals surface area contributed by atoms with Gasteiger partial charge in [-0.05, 0) is 72.6 Å². The minimum absolute atomic E-state index is 0.00400. The maximum absolute atomic E-state index is 13.5. The highest BCUT2D eigenvalue weighted by Gasteiger charge is 2.25. The predicted octanol–water partition coefficient (Wildman–Crippen LogP) is 4.88. The van der Waals surface area contributed by atoms with E-state index in [4.69, 9.17) is 0 Å². The first-order chi connectivity index (χ1) is 16.1. The highest BCUT2D eigenvalue weighted by atomic mass is 32.2. The lowest BCUT2D eigenvalue weighted by Crippen LogP contribution is -2.32. The van der Waals surface area contributed by atoms with Crippen molar-refractivity contribution in [2.75, 3.05) is 30.9 Å². The van der Waals surface area contributed by atoms with Crippen molar-refractivity contribution in [3.8, 4) is 0 Å². The largest absolute Gasteiger partial charge is 0.377 e. The van der Waals surface area contributed by atoms with E-state index in [1.807, 2.05) is 25.9 Å². The molecule has 9 heteroatoms. The molecule has 0 saturated heterocycles. The van der Waals surface area contributed by atoms with Gasteiger partial charge < -0.3 is 10.2 Å². The molecule has 0 radical (unpaired) electrons. The van der Waals surface area contributed by atoms with E-state index in [9.17, 15) is 22.0 Å². The van der Waals surface area contributed by atoms with Gasteiger partial charge in [0.1, 0.15) is 11.6 Å². The molecule has 0 bridgehead atoms. The Bertz CT molecular complexity index is 1260. The highest BCUT2D eigenvalue weighted by Crippen LogP contribution is 2.27. The summed E-state index contributed by atoms with van der Waals surface area (Å²) in [4.78, 5) is 14.4. The lowest BCUT2D eigenvalue weighted by Gasteiger charge is -2.25. The number of anilines is 2. The second kappa shape index (κ2) is 10.8. The third kappa shape index (κ3) is 5.98. The van der Waals surface area contributed by atoms with E-state index in [0.717, 1.165) is 23.9 Å². The summed E-state index contributed by atoms with van der Waals surface area (Å²) in [6.45, 7) is 2.17. The smallest absolute Gasteiger partial charge is 0.255 e. The summed E-state index contributed by atoms with van der Waals surface area (Å²) in [5, 5.41) is 2.74. The van der Waals surface area contributed by atoms with Crippen molar-refractivity contribution >= 4 is 27.3 Å². The number of sulfonamides is 1. The normalized spacial score (nSPS) is 11.5. The van der Waals surface area contributed by atoms with Gasteiger partial charge in [-0.1, -0.05) is 13.0 Å². The van der Waals surface area contributed by atoms with E-state index in [2.05, 4.69) is 5.32 Å². The Labute approximate surface area is 198 Å². The molecule has 34 heavy (non-hydrogen) atoms. The SMILES string of the molecule is CCCN(Cc1cc(NC(=O)c2cccc(F)c2)ccc1N(C)C)S(=O)(=O)c1ccc(F)cc1. The van der Waals surface area contributed by atoms with Crippen LogP contribution in [0.4, 0.5) is 20.2 Å². The zero-order valence-corrected chi connectivity index (χ0v) is 20.1. The fraction of sp³-hybridized carbons (Fsp3) is 0.240. The number of rotatable bonds is 9. The van der Waals surface area contributed by atoms with Crippen LogP contribution in [0.25, 0.3) is 0 Å². The van der Waals surface area contributed by atoms with Crippen LogP contribution in [0.5, 0.6) is 0 Å². The number of hydrogen-bond acceptors (Lipinski definition) is 4. The molecule has 0 heterocycles. The summed E-state index contributed by atoms with van der Waals surface area (Å²) < 4.78 is 54.7. The average Bonchev–Trinajstić information content (AvgIpc) is 2.79. The molecular weight excluding hydrogens is 460 g/mol. The van der Waals surface area contributed by atoms with Gasteiger partial charge in [0.15, 0.2) is 0 Å². The van der Waals surface area contributed by atoms with Crippen LogP contribution in [0.1, 0.15) is 29.3 Å². The Morgan fingerprint density at radius 3 is 2.26 bits per heavy atom. The monoisotopic (exact) mass is 487 g/mol. The molecule has 3 aromatic carbocycles. The Hall–Kier alpha value is -3.30. The molecule has 0 atom stereocenters. The fourth-order valence-corrected chi connectivity index (χ4v) is 5.05. The summed E-state index contributed by atoms with van der Waals surface area (Å²) in [5.74, 6) is -1.51. The standard InChI is InChI=1S/C25H27F2N3O3S/c1-4-14-30(34(32,33)23-11-8-20(26)9-12-23)17-19-16-22(10-13-24(19)29(2)3)28-25(31)18-6-5-7-21(27)15-18/h5-13,15-16H,4,14,17H2,1-3H3,(H,28,31). The van der Waals surface area contributed by atoms with Gasteiger partial charge in [0, 0.05) is 44.1 Å². The lowest BCUT2D eigenvalue weighted by atomic mass is 10.1. The molecule has 1 amide bonds. The quantitative estimate of drug-likeness (QED) is 0.467. The molecule has 0 fully saturated rings. The molecule has 3 rings (SSSR count). The molecule has 180 valence electrons. The van der Waals surface area contributed by atoms with Crippen LogP contribution in [-0.4, -0.2) is 39.3 Å². The first-order valence-electron chi connectivity index (χ1n) is 10.7. The van der Waals surface area contributed by atoms with E-state index < -0.39 is 27.6 Å². The van der Waals surface area contributed by atoms with Crippen LogP contribution in [0, 0.1) is 11.6 Å². The molecule has 0 aliphatic heterocycles. The van der Waals surface area contributed by atoms with Crippen LogP contribution in [0.2, 0.25) is 0 Å². The second-order valence-corrected chi connectivity index (χ2v) is 9.93. The highest BCUT2D eigenvalue weighted by molar-refractivity contribution is 7.89. The molecule has 3 aromatic rings. The molecular formula is C25H27F2N3O3S. The Kier molecular flexibility index (Phi) is 8.01. The summed E-state index contributed by atoms with van der Waals surface area (Å²) in [6.07, 6.45) is 0.577. The van der Waals surface area contributed by atoms with Gasteiger partial charge in [0.05, 0.1) is 4.90 Å². The third-order valence-corrected chi connectivity index (χ3v) is 7.04. The van der Waals surface area contributed by atoms with Crippen LogP contribution in [0.3, 0.4) is 0 Å². The van der Waals surface area contributed by atoms with Crippen LogP contribution in [-0.2, 0) is 16.6 Å². The molecule has 0 aliphatic carbocycles. The van der Waals surface area contributed by atoms with Gasteiger partial charge >= 0.3 is 0 Å². The summed E-state index contributed by atoms with van der Waals surface area (Å²) in [5.41, 5.74) is 2.07.